The molecule has 3 nitrogen and oxygen atoms in total. The van der Waals surface area contributed by atoms with Gasteiger partial charge in [-0.1, -0.05) is 22.0 Å². The molecule has 1 aliphatic rings. The van der Waals surface area contributed by atoms with Crippen molar-refractivity contribution in [1.29, 1.82) is 0 Å². The minimum atomic E-state index is -0.365. The maximum absolute atomic E-state index is 13.3. The summed E-state index contributed by atoms with van der Waals surface area (Å²) in [5.41, 5.74) is 1.07. The minimum Gasteiger partial charge on any atom is -0.486 e. The van der Waals surface area contributed by atoms with Crippen molar-refractivity contribution in [1.82, 2.24) is 0 Å². The van der Waals surface area contributed by atoms with Gasteiger partial charge in [-0.15, -0.1) is 0 Å². The van der Waals surface area contributed by atoms with Gasteiger partial charge in [0.25, 0.3) is 0 Å². The van der Waals surface area contributed by atoms with Crippen LogP contribution in [-0.4, -0.2) is 19.0 Å². The maximum Gasteiger partial charge on any atom is 0.172 e. The van der Waals surface area contributed by atoms with E-state index in [1.807, 2.05) is 0 Å². The fourth-order valence-electron chi connectivity index (χ4n) is 2.24. The molecule has 0 unspecified atom stereocenters. The second kappa shape index (κ2) is 5.85. The van der Waals surface area contributed by atoms with Crippen LogP contribution < -0.4 is 9.47 Å². The lowest BCUT2D eigenvalue weighted by Gasteiger charge is -2.20. The van der Waals surface area contributed by atoms with Crippen molar-refractivity contribution in [3.63, 3.8) is 0 Å². The van der Waals surface area contributed by atoms with Crippen molar-refractivity contribution in [2.75, 3.05) is 13.2 Å². The molecule has 0 saturated carbocycles. The average molecular weight is 351 g/mol. The lowest BCUT2D eigenvalue weighted by molar-refractivity contribution is 0.0981. The summed E-state index contributed by atoms with van der Waals surface area (Å²) in [5, 5.41) is 0. The number of halogens is 2. The normalized spacial score (nSPS) is 13.0. The fourth-order valence-corrected chi connectivity index (χ4v) is 2.63. The Bertz CT molecular complexity index is 700. The van der Waals surface area contributed by atoms with Crippen molar-refractivity contribution in [2.45, 2.75) is 6.42 Å². The lowest BCUT2D eigenvalue weighted by atomic mass is 10.0. The highest BCUT2D eigenvalue weighted by Crippen LogP contribution is 2.34. The summed E-state index contributed by atoms with van der Waals surface area (Å²) in [6, 6.07) is 9.51. The Morgan fingerprint density at radius 3 is 2.86 bits per heavy atom. The van der Waals surface area contributed by atoms with Crippen LogP contribution in [0.3, 0.4) is 0 Å². The third-order valence-corrected chi connectivity index (χ3v) is 4.00. The summed E-state index contributed by atoms with van der Waals surface area (Å²) in [7, 11) is 0. The largest absolute Gasteiger partial charge is 0.486 e. The standard InChI is InChI=1S/C16H12BrFO3/c17-13-5-4-11(18)8-10(13)9-14(19)12-2-1-3-15-16(12)21-7-6-20-15/h1-5,8H,6-7,9H2. The van der Waals surface area contributed by atoms with Crippen LogP contribution in [0.25, 0.3) is 0 Å². The third-order valence-electron chi connectivity index (χ3n) is 3.23. The Kier molecular flexibility index (Phi) is 3.92. The number of hydrogen-bond donors (Lipinski definition) is 0. The van der Waals surface area contributed by atoms with Gasteiger partial charge < -0.3 is 9.47 Å². The van der Waals surface area contributed by atoms with E-state index in [0.717, 1.165) is 0 Å². The Hall–Kier alpha value is -1.88. The molecular weight excluding hydrogens is 339 g/mol. The van der Waals surface area contributed by atoms with Crippen LogP contribution in [0.15, 0.2) is 40.9 Å². The van der Waals surface area contributed by atoms with Crippen LogP contribution in [-0.2, 0) is 6.42 Å². The molecule has 108 valence electrons. The van der Waals surface area contributed by atoms with Crippen LogP contribution in [0.4, 0.5) is 4.39 Å². The molecule has 0 aliphatic carbocycles. The molecular formula is C16H12BrFO3. The predicted molar refractivity (Wildman–Crippen MR) is 79.6 cm³/mol. The number of carbonyl (C=O) groups is 1. The van der Waals surface area contributed by atoms with Gasteiger partial charge in [0.2, 0.25) is 0 Å². The van der Waals surface area contributed by atoms with Crippen LogP contribution in [0.2, 0.25) is 0 Å². The summed E-state index contributed by atoms with van der Waals surface area (Å²) in [6.45, 7) is 0.890. The van der Waals surface area contributed by atoms with Crippen LogP contribution in [0.5, 0.6) is 11.5 Å². The van der Waals surface area contributed by atoms with Gasteiger partial charge in [-0.25, -0.2) is 4.39 Å². The number of hydrogen-bond acceptors (Lipinski definition) is 3. The molecule has 0 aromatic heterocycles. The van der Waals surface area contributed by atoms with Crippen molar-refractivity contribution in [2.24, 2.45) is 0 Å². The van der Waals surface area contributed by atoms with Gasteiger partial charge in [-0.05, 0) is 35.9 Å². The predicted octanol–water partition coefficient (Wildman–Crippen LogP) is 3.78. The molecule has 0 saturated heterocycles. The van der Waals surface area contributed by atoms with Gasteiger partial charge in [-0.2, -0.15) is 0 Å². The molecule has 2 aromatic carbocycles. The zero-order valence-electron chi connectivity index (χ0n) is 11.1. The zero-order valence-corrected chi connectivity index (χ0v) is 12.7. The fraction of sp³-hybridized carbons (Fsp3) is 0.188. The highest BCUT2D eigenvalue weighted by Gasteiger charge is 2.21. The highest BCUT2D eigenvalue weighted by molar-refractivity contribution is 9.10. The molecule has 1 aliphatic heterocycles. The molecule has 0 amide bonds. The first kappa shape index (κ1) is 14.1. The van der Waals surface area contributed by atoms with E-state index in [0.29, 0.717) is 40.3 Å². The van der Waals surface area contributed by atoms with E-state index < -0.39 is 0 Å². The van der Waals surface area contributed by atoms with E-state index in [1.54, 1.807) is 24.3 Å². The van der Waals surface area contributed by atoms with Crippen molar-refractivity contribution < 1.29 is 18.7 Å². The van der Waals surface area contributed by atoms with Gasteiger partial charge in [0, 0.05) is 10.9 Å². The molecule has 0 N–H and O–H groups in total. The Morgan fingerprint density at radius 1 is 1.19 bits per heavy atom. The number of ketones is 1. The molecule has 21 heavy (non-hydrogen) atoms. The van der Waals surface area contributed by atoms with Crippen molar-refractivity contribution >= 4 is 21.7 Å². The van der Waals surface area contributed by atoms with Crippen molar-refractivity contribution in [3.8, 4) is 11.5 Å². The Balaban J connectivity index is 1.91. The Labute approximate surface area is 129 Å². The number of benzene rings is 2. The van der Waals surface area contributed by atoms with E-state index in [2.05, 4.69) is 15.9 Å². The zero-order chi connectivity index (χ0) is 14.8. The number of para-hydroxylation sites is 1. The monoisotopic (exact) mass is 350 g/mol. The third kappa shape index (κ3) is 2.93. The van der Waals surface area contributed by atoms with E-state index >= 15 is 0 Å². The molecule has 5 heteroatoms. The summed E-state index contributed by atoms with van der Waals surface area (Å²) in [5.74, 6) is 0.547. The summed E-state index contributed by atoms with van der Waals surface area (Å²) >= 11 is 3.33. The molecule has 0 radical (unpaired) electrons. The average Bonchev–Trinajstić information content (AvgIpc) is 2.50. The van der Waals surface area contributed by atoms with E-state index in [-0.39, 0.29) is 18.0 Å². The van der Waals surface area contributed by atoms with E-state index in [1.165, 1.54) is 12.1 Å². The Morgan fingerprint density at radius 2 is 2.00 bits per heavy atom. The molecule has 0 bridgehead atoms. The van der Waals surface area contributed by atoms with Gasteiger partial charge in [0.05, 0.1) is 5.56 Å². The van der Waals surface area contributed by atoms with E-state index in [9.17, 15) is 9.18 Å². The van der Waals surface area contributed by atoms with Crippen LogP contribution in [0, 0.1) is 5.82 Å². The molecule has 2 aromatic rings. The second-order valence-corrected chi connectivity index (χ2v) is 5.52. The number of carbonyl (C=O) groups excluding carboxylic acids is 1. The molecule has 1 heterocycles. The van der Waals surface area contributed by atoms with E-state index in [4.69, 9.17) is 9.47 Å². The number of ether oxygens (including phenoxy) is 2. The molecule has 0 spiro atoms. The number of Topliss-reactive ketones (excluding diaryl/α,β-unsaturated/α-hetero) is 1. The summed E-state index contributed by atoms with van der Waals surface area (Å²) in [4.78, 5) is 12.5. The first-order valence-corrected chi connectivity index (χ1v) is 7.30. The van der Waals surface area contributed by atoms with Crippen molar-refractivity contribution in [3.05, 3.63) is 57.8 Å². The van der Waals surface area contributed by atoms with Gasteiger partial charge in [-0.3, -0.25) is 4.79 Å². The number of rotatable bonds is 3. The molecule has 0 fully saturated rings. The lowest BCUT2D eigenvalue weighted by Crippen LogP contribution is -2.18. The van der Waals surface area contributed by atoms with Crippen LogP contribution in [0.1, 0.15) is 15.9 Å². The molecule has 3 rings (SSSR count). The topological polar surface area (TPSA) is 35.5 Å². The molecule has 0 atom stereocenters. The quantitative estimate of drug-likeness (QED) is 0.790. The SMILES string of the molecule is O=C(Cc1cc(F)ccc1Br)c1cccc2c1OCCO2. The van der Waals surface area contributed by atoms with Gasteiger partial charge >= 0.3 is 0 Å². The van der Waals surface area contributed by atoms with Gasteiger partial charge in [0.1, 0.15) is 19.0 Å². The summed E-state index contributed by atoms with van der Waals surface area (Å²) in [6.07, 6.45) is 0.0954. The first-order chi connectivity index (χ1) is 10.1. The minimum absolute atomic E-state index is 0.0954. The highest BCUT2D eigenvalue weighted by atomic mass is 79.9. The van der Waals surface area contributed by atoms with Gasteiger partial charge in [0.15, 0.2) is 17.3 Å². The first-order valence-electron chi connectivity index (χ1n) is 6.51. The van der Waals surface area contributed by atoms with Crippen LogP contribution >= 0.6 is 15.9 Å². The second-order valence-electron chi connectivity index (χ2n) is 4.67. The smallest absolute Gasteiger partial charge is 0.172 e. The summed E-state index contributed by atoms with van der Waals surface area (Å²) < 4.78 is 25.0. The number of fused-ring (bicyclic) bond motifs is 1. The maximum atomic E-state index is 13.3.